The zero-order chi connectivity index (χ0) is 28.8. The SMILES string of the molecule is CCN(CC)CCN1C(=O)[C@@H]2[C@H](C(=O)Nc3ccc(F)c(Cl)c3)[C@@H]3C=C[C@@]2(O3)[C@@H]1C(=O)N[C@@H]1CCC[C@H](C)[C@H]1C. The largest absolute Gasteiger partial charge is 0.359 e. The third-order valence-corrected chi connectivity index (χ3v) is 9.99. The van der Waals surface area contributed by atoms with E-state index in [9.17, 15) is 18.8 Å². The lowest BCUT2D eigenvalue weighted by Crippen LogP contribution is -2.58. The van der Waals surface area contributed by atoms with Crippen LogP contribution in [0.5, 0.6) is 0 Å². The van der Waals surface area contributed by atoms with Crippen LogP contribution in [-0.4, -0.2) is 77.5 Å². The van der Waals surface area contributed by atoms with Crippen molar-refractivity contribution in [3.8, 4) is 0 Å². The smallest absolute Gasteiger partial charge is 0.246 e. The average molecular weight is 575 g/mol. The second-order valence-corrected chi connectivity index (χ2v) is 12.2. The first kappa shape index (κ1) is 29.0. The van der Waals surface area contributed by atoms with Gasteiger partial charge in [-0.3, -0.25) is 14.4 Å². The van der Waals surface area contributed by atoms with Gasteiger partial charge in [-0.05, 0) is 49.5 Å². The lowest BCUT2D eigenvalue weighted by atomic mass is 9.73. The minimum Gasteiger partial charge on any atom is -0.359 e. The van der Waals surface area contributed by atoms with E-state index in [4.69, 9.17) is 16.3 Å². The van der Waals surface area contributed by atoms with Crippen LogP contribution in [0.2, 0.25) is 5.02 Å². The number of hydrogen-bond donors (Lipinski definition) is 2. The van der Waals surface area contributed by atoms with Crippen LogP contribution >= 0.6 is 11.6 Å². The number of anilines is 1. The minimum absolute atomic E-state index is 0.0244. The summed E-state index contributed by atoms with van der Waals surface area (Å²) in [6.07, 6.45) is 6.07. The lowest BCUT2D eigenvalue weighted by Gasteiger charge is -2.38. The molecule has 3 amide bonds. The topological polar surface area (TPSA) is 91.0 Å². The Balaban J connectivity index is 1.43. The molecule has 1 saturated carbocycles. The molecule has 1 aromatic carbocycles. The molecule has 3 heterocycles. The van der Waals surface area contributed by atoms with E-state index in [1.165, 1.54) is 18.2 Å². The first-order valence-electron chi connectivity index (χ1n) is 14.6. The number of nitrogens with zero attached hydrogens (tertiary/aromatic N) is 2. The molecule has 0 unspecified atom stereocenters. The Kier molecular flexibility index (Phi) is 8.28. The molecule has 2 N–H and O–H groups in total. The minimum atomic E-state index is -1.22. The molecule has 2 saturated heterocycles. The summed E-state index contributed by atoms with van der Waals surface area (Å²) in [5.41, 5.74) is -0.892. The molecule has 3 fully saturated rings. The van der Waals surface area contributed by atoms with Crippen molar-refractivity contribution >= 4 is 35.0 Å². The number of nitrogens with one attached hydrogen (secondary N) is 2. The zero-order valence-corrected chi connectivity index (χ0v) is 24.4. The molecule has 5 rings (SSSR count). The normalized spacial score (nSPS) is 34.4. The fourth-order valence-corrected chi connectivity index (χ4v) is 7.32. The monoisotopic (exact) mass is 574 g/mol. The fraction of sp³-hybridized carbons (Fsp3) is 0.633. The molecule has 1 aromatic rings. The van der Waals surface area contributed by atoms with Gasteiger partial charge in [0.2, 0.25) is 17.7 Å². The van der Waals surface area contributed by atoms with Gasteiger partial charge in [0, 0.05) is 24.8 Å². The quantitative estimate of drug-likeness (QED) is 0.437. The van der Waals surface area contributed by atoms with Crippen molar-refractivity contribution in [2.24, 2.45) is 23.7 Å². The van der Waals surface area contributed by atoms with Gasteiger partial charge in [-0.25, -0.2) is 4.39 Å². The van der Waals surface area contributed by atoms with E-state index >= 15 is 0 Å². The highest BCUT2D eigenvalue weighted by Crippen LogP contribution is 2.55. The van der Waals surface area contributed by atoms with Crippen molar-refractivity contribution in [3.05, 3.63) is 41.2 Å². The Labute approximate surface area is 240 Å². The van der Waals surface area contributed by atoms with Gasteiger partial charge in [0.15, 0.2) is 0 Å². The summed E-state index contributed by atoms with van der Waals surface area (Å²) in [7, 11) is 0. The number of benzene rings is 1. The van der Waals surface area contributed by atoms with Gasteiger partial charge >= 0.3 is 0 Å². The Morgan fingerprint density at radius 2 is 1.95 bits per heavy atom. The van der Waals surface area contributed by atoms with Gasteiger partial charge in [-0.1, -0.05) is 64.3 Å². The van der Waals surface area contributed by atoms with Crippen LogP contribution in [0, 0.1) is 29.5 Å². The van der Waals surface area contributed by atoms with Crippen molar-refractivity contribution in [1.29, 1.82) is 0 Å². The number of carbonyl (C=O) groups excluding carboxylic acids is 3. The van der Waals surface area contributed by atoms with Crippen molar-refractivity contribution < 1.29 is 23.5 Å². The molecule has 4 aliphatic rings. The van der Waals surface area contributed by atoms with Crippen LogP contribution in [0.3, 0.4) is 0 Å². The highest BCUT2D eigenvalue weighted by Gasteiger charge is 2.72. The second-order valence-electron chi connectivity index (χ2n) is 11.8. The van der Waals surface area contributed by atoms with Crippen LogP contribution in [0.1, 0.15) is 47.0 Å². The van der Waals surface area contributed by atoms with E-state index in [0.717, 1.165) is 32.4 Å². The Bertz CT molecular complexity index is 1190. The number of fused-ring (bicyclic) bond motifs is 1. The molecule has 40 heavy (non-hydrogen) atoms. The Morgan fingerprint density at radius 3 is 2.65 bits per heavy atom. The van der Waals surface area contributed by atoms with Crippen LogP contribution in [0.25, 0.3) is 0 Å². The fourth-order valence-electron chi connectivity index (χ4n) is 7.14. The van der Waals surface area contributed by atoms with Crippen molar-refractivity contribution in [3.63, 3.8) is 0 Å². The van der Waals surface area contributed by atoms with E-state index in [1.54, 1.807) is 11.0 Å². The number of amides is 3. The zero-order valence-electron chi connectivity index (χ0n) is 23.7. The van der Waals surface area contributed by atoms with Gasteiger partial charge in [0.05, 0.1) is 23.0 Å². The highest BCUT2D eigenvalue weighted by molar-refractivity contribution is 6.31. The molecule has 8 nitrogen and oxygen atoms in total. The van der Waals surface area contributed by atoms with E-state index in [1.807, 2.05) is 6.08 Å². The lowest BCUT2D eigenvalue weighted by molar-refractivity contribution is -0.141. The third kappa shape index (κ3) is 4.94. The summed E-state index contributed by atoms with van der Waals surface area (Å²) in [6.45, 7) is 11.1. The van der Waals surface area contributed by atoms with Gasteiger partial charge < -0.3 is 25.2 Å². The number of hydrogen-bond acceptors (Lipinski definition) is 5. The molecule has 8 atom stereocenters. The number of halogens is 2. The molecule has 218 valence electrons. The van der Waals surface area contributed by atoms with Gasteiger partial charge in [0.25, 0.3) is 0 Å². The van der Waals surface area contributed by atoms with Crippen LogP contribution < -0.4 is 10.6 Å². The van der Waals surface area contributed by atoms with Crippen LogP contribution in [-0.2, 0) is 19.1 Å². The third-order valence-electron chi connectivity index (χ3n) is 9.70. The van der Waals surface area contributed by atoms with Crippen molar-refractivity contribution in [2.45, 2.75) is 70.7 Å². The molecule has 10 heteroatoms. The maximum absolute atomic E-state index is 14.1. The Morgan fingerprint density at radius 1 is 1.20 bits per heavy atom. The predicted molar refractivity (Wildman–Crippen MR) is 151 cm³/mol. The molecule has 2 bridgehead atoms. The van der Waals surface area contributed by atoms with Gasteiger partial charge in [-0.15, -0.1) is 0 Å². The molecule has 0 radical (unpaired) electrons. The molecule has 1 spiro atoms. The standard InChI is InChI=1S/C30H40ClFN4O4/c1-5-35(6-2)14-15-36-26(28(38)34-22-9-7-8-17(3)18(22)4)30-13-12-23(40-30)24(25(30)29(36)39)27(37)33-19-10-11-21(32)20(31)16-19/h10-13,16-18,22-26H,5-9,14-15H2,1-4H3,(H,33,37)(H,34,38)/t17-,18+,22+,23-,24+,25-,26-,30-/m0/s1. The Hall–Kier alpha value is -2.49. The number of carbonyl (C=O) groups is 3. The first-order valence-corrected chi connectivity index (χ1v) is 14.9. The highest BCUT2D eigenvalue weighted by atomic mass is 35.5. The predicted octanol–water partition coefficient (Wildman–Crippen LogP) is 3.85. The maximum Gasteiger partial charge on any atom is 0.246 e. The van der Waals surface area contributed by atoms with E-state index < -0.39 is 41.3 Å². The van der Waals surface area contributed by atoms with E-state index in [2.05, 4.69) is 43.2 Å². The summed E-state index contributed by atoms with van der Waals surface area (Å²) in [5.74, 6) is -2.33. The summed E-state index contributed by atoms with van der Waals surface area (Å²) in [5, 5.41) is 5.96. The summed E-state index contributed by atoms with van der Waals surface area (Å²) < 4.78 is 20.1. The number of rotatable bonds is 9. The van der Waals surface area contributed by atoms with E-state index in [0.29, 0.717) is 30.6 Å². The molecule has 1 aliphatic carbocycles. The summed E-state index contributed by atoms with van der Waals surface area (Å²) >= 11 is 5.92. The van der Waals surface area contributed by atoms with Gasteiger partial charge in [-0.2, -0.15) is 0 Å². The van der Waals surface area contributed by atoms with E-state index in [-0.39, 0.29) is 22.9 Å². The molecular weight excluding hydrogens is 535 g/mol. The summed E-state index contributed by atoms with van der Waals surface area (Å²) in [6, 6.07) is 3.10. The van der Waals surface area contributed by atoms with Crippen LogP contribution in [0.4, 0.5) is 10.1 Å². The first-order chi connectivity index (χ1) is 19.1. The maximum atomic E-state index is 14.1. The molecule has 0 aromatic heterocycles. The average Bonchev–Trinajstić information content (AvgIpc) is 3.57. The number of likely N-dealkylation sites (tertiary alicyclic amines) is 1. The number of likely N-dealkylation sites (N-methyl/N-ethyl adjacent to an activating group) is 1. The van der Waals surface area contributed by atoms with Gasteiger partial charge in [0.1, 0.15) is 17.5 Å². The molecule has 3 aliphatic heterocycles. The van der Waals surface area contributed by atoms with Crippen molar-refractivity contribution in [1.82, 2.24) is 15.1 Å². The summed E-state index contributed by atoms with van der Waals surface area (Å²) in [4.78, 5) is 45.6. The number of ether oxygens (including phenoxy) is 1. The van der Waals surface area contributed by atoms with Crippen molar-refractivity contribution in [2.75, 3.05) is 31.5 Å². The molecular formula is C30H40ClFN4O4. The second kappa shape index (κ2) is 11.4. The van der Waals surface area contributed by atoms with Crippen LogP contribution in [0.15, 0.2) is 30.4 Å².